The fourth-order valence-corrected chi connectivity index (χ4v) is 1.22. The number of hydrogen-bond donors (Lipinski definition) is 1. The van der Waals surface area contributed by atoms with Gasteiger partial charge in [0.1, 0.15) is 5.75 Å². The maximum atomic E-state index is 11.1. The summed E-state index contributed by atoms with van der Waals surface area (Å²) in [5, 5.41) is 9.44. The van der Waals surface area contributed by atoms with Gasteiger partial charge in [0, 0.05) is 5.56 Å². The number of hydrogen-bond acceptors (Lipinski definition) is 3. The van der Waals surface area contributed by atoms with Crippen molar-refractivity contribution in [3.05, 3.63) is 29.3 Å². The van der Waals surface area contributed by atoms with Gasteiger partial charge in [0.2, 0.25) is 0 Å². The van der Waals surface area contributed by atoms with Crippen LogP contribution in [0.4, 0.5) is 0 Å². The van der Waals surface area contributed by atoms with Gasteiger partial charge >= 0.3 is 5.97 Å². The second-order valence-electron chi connectivity index (χ2n) is 3.11. The molecular weight excluding hydrogens is 180 g/mol. The van der Waals surface area contributed by atoms with Gasteiger partial charge in [-0.2, -0.15) is 0 Å². The number of carbonyl (C=O) groups excluding carboxylic acids is 1. The maximum Gasteiger partial charge on any atom is 0.310 e. The summed E-state index contributed by atoms with van der Waals surface area (Å²) in [7, 11) is 0. The molecule has 14 heavy (non-hydrogen) atoms. The number of benzene rings is 1. The molecule has 1 aromatic carbocycles. The van der Waals surface area contributed by atoms with Gasteiger partial charge in [0.15, 0.2) is 0 Å². The molecule has 0 unspecified atom stereocenters. The van der Waals surface area contributed by atoms with E-state index in [1.165, 1.54) is 0 Å². The van der Waals surface area contributed by atoms with Crippen LogP contribution in [0.5, 0.6) is 5.75 Å². The summed E-state index contributed by atoms with van der Waals surface area (Å²) in [5.74, 6) is -0.169. The Labute approximate surface area is 83.3 Å². The molecule has 0 amide bonds. The van der Waals surface area contributed by atoms with Crippen LogP contribution in [-0.4, -0.2) is 17.7 Å². The molecule has 3 heteroatoms. The summed E-state index contributed by atoms with van der Waals surface area (Å²) in [6, 6.07) is 5.17. The van der Waals surface area contributed by atoms with E-state index in [1.54, 1.807) is 25.1 Å². The lowest BCUT2D eigenvalue weighted by atomic mass is 10.1. The minimum atomic E-state index is -0.312. The summed E-state index contributed by atoms with van der Waals surface area (Å²) in [6.07, 6.45) is 0.126. The molecule has 76 valence electrons. The molecule has 3 nitrogen and oxygen atoms in total. The molecule has 0 aliphatic rings. The number of esters is 1. The summed E-state index contributed by atoms with van der Waals surface area (Å²) in [4.78, 5) is 11.1. The number of aryl methyl sites for hydroxylation is 1. The Morgan fingerprint density at radius 2 is 2.21 bits per heavy atom. The minimum Gasteiger partial charge on any atom is -0.508 e. The number of aromatic hydroxyl groups is 1. The van der Waals surface area contributed by atoms with Crippen molar-refractivity contribution in [1.29, 1.82) is 0 Å². The largest absolute Gasteiger partial charge is 0.508 e. The highest BCUT2D eigenvalue weighted by Gasteiger charge is 2.07. The van der Waals surface area contributed by atoms with E-state index in [0.29, 0.717) is 12.2 Å². The fraction of sp³-hybridized carbons (Fsp3) is 0.364. The number of rotatable bonds is 3. The van der Waals surface area contributed by atoms with Gasteiger partial charge in [-0.1, -0.05) is 17.7 Å². The Morgan fingerprint density at radius 1 is 1.50 bits per heavy atom. The van der Waals surface area contributed by atoms with E-state index < -0.39 is 0 Å². The maximum absolute atomic E-state index is 11.1. The van der Waals surface area contributed by atoms with Crippen LogP contribution in [0.25, 0.3) is 0 Å². The van der Waals surface area contributed by atoms with Gasteiger partial charge in [-0.05, 0) is 19.9 Å². The monoisotopic (exact) mass is 194 g/mol. The standard InChI is InChI=1S/C11H14O3/c1-3-14-11(13)7-9-6-8(2)4-5-10(9)12/h4-6,12H,3,7H2,1-2H3. The Morgan fingerprint density at radius 3 is 2.86 bits per heavy atom. The topological polar surface area (TPSA) is 46.5 Å². The third-order valence-corrected chi connectivity index (χ3v) is 1.88. The molecule has 0 saturated heterocycles. The number of phenols is 1. The predicted molar refractivity (Wildman–Crippen MR) is 53.2 cm³/mol. The first-order valence-electron chi connectivity index (χ1n) is 4.57. The van der Waals surface area contributed by atoms with Crippen molar-refractivity contribution in [3.8, 4) is 5.75 Å². The van der Waals surface area contributed by atoms with E-state index in [2.05, 4.69) is 0 Å². The third kappa shape index (κ3) is 2.76. The average Bonchev–Trinajstić information content (AvgIpc) is 2.12. The van der Waals surface area contributed by atoms with Crippen molar-refractivity contribution in [2.24, 2.45) is 0 Å². The first-order chi connectivity index (χ1) is 6.63. The Balaban J connectivity index is 2.75. The van der Waals surface area contributed by atoms with Crippen LogP contribution in [0.3, 0.4) is 0 Å². The molecule has 0 bridgehead atoms. The molecule has 1 N–H and O–H groups in total. The van der Waals surface area contributed by atoms with Crippen molar-refractivity contribution in [2.75, 3.05) is 6.61 Å². The molecule has 0 aromatic heterocycles. The van der Waals surface area contributed by atoms with Gasteiger partial charge in [-0.15, -0.1) is 0 Å². The minimum absolute atomic E-state index is 0.126. The second-order valence-corrected chi connectivity index (χ2v) is 3.11. The van der Waals surface area contributed by atoms with E-state index in [1.807, 2.05) is 6.92 Å². The molecule has 0 atom stereocenters. The van der Waals surface area contributed by atoms with E-state index in [9.17, 15) is 9.90 Å². The highest BCUT2D eigenvalue weighted by molar-refractivity contribution is 5.73. The molecule has 1 rings (SSSR count). The highest BCUT2D eigenvalue weighted by atomic mass is 16.5. The van der Waals surface area contributed by atoms with Crippen molar-refractivity contribution in [1.82, 2.24) is 0 Å². The highest BCUT2D eigenvalue weighted by Crippen LogP contribution is 2.18. The van der Waals surface area contributed by atoms with Gasteiger partial charge in [-0.3, -0.25) is 4.79 Å². The Kier molecular flexibility index (Phi) is 3.51. The van der Waals surface area contributed by atoms with Gasteiger partial charge in [0.05, 0.1) is 13.0 Å². The number of ether oxygens (including phenoxy) is 1. The third-order valence-electron chi connectivity index (χ3n) is 1.88. The summed E-state index contributed by atoms with van der Waals surface area (Å²) in [5.41, 5.74) is 1.63. The van der Waals surface area contributed by atoms with Crippen LogP contribution in [0.1, 0.15) is 18.1 Å². The average molecular weight is 194 g/mol. The number of carbonyl (C=O) groups is 1. The quantitative estimate of drug-likeness (QED) is 0.746. The second kappa shape index (κ2) is 4.65. The molecule has 0 spiro atoms. The smallest absolute Gasteiger partial charge is 0.310 e. The summed E-state index contributed by atoms with van der Waals surface area (Å²) < 4.78 is 4.79. The molecule has 0 saturated carbocycles. The summed E-state index contributed by atoms with van der Waals surface area (Å²) in [6.45, 7) is 4.04. The fourth-order valence-electron chi connectivity index (χ4n) is 1.22. The van der Waals surface area contributed by atoms with Gasteiger partial charge < -0.3 is 9.84 Å². The van der Waals surface area contributed by atoms with Crippen molar-refractivity contribution in [2.45, 2.75) is 20.3 Å². The molecule has 1 aromatic rings. The van der Waals surface area contributed by atoms with Crippen LogP contribution in [0.15, 0.2) is 18.2 Å². The van der Waals surface area contributed by atoms with Gasteiger partial charge in [-0.25, -0.2) is 0 Å². The molecule has 0 fully saturated rings. The lowest BCUT2D eigenvalue weighted by Gasteiger charge is -2.05. The molecule has 0 radical (unpaired) electrons. The Hall–Kier alpha value is -1.51. The predicted octanol–water partition coefficient (Wildman–Crippen LogP) is 1.81. The zero-order chi connectivity index (χ0) is 10.6. The van der Waals surface area contributed by atoms with Crippen LogP contribution in [0.2, 0.25) is 0 Å². The van der Waals surface area contributed by atoms with Crippen LogP contribution >= 0.6 is 0 Å². The van der Waals surface area contributed by atoms with Crippen LogP contribution in [0, 0.1) is 6.92 Å². The summed E-state index contributed by atoms with van der Waals surface area (Å²) >= 11 is 0. The zero-order valence-corrected chi connectivity index (χ0v) is 8.41. The molecule has 0 heterocycles. The SMILES string of the molecule is CCOC(=O)Cc1cc(C)ccc1O. The van der Waals surface area contributed by atoms with Crippen molar-refractivity contribution >= 4 is 5.97 Å². The van der Waals surface area contributed by atoms with E-state index >= 15 is 0 Å². The van der Waals surface area contributed by atoms with Crippen molar-refractivity contribution < 1.29 is 14.6 Å². The first kappa shape index (κ1) is 10.6. The normalized spacial score (nSPS) is 9.86. The lowest BCUT2D eigenvalue weighted by molar-refractivity contribution is -0.142. The number of phenolic OH excluding ortho intramolecular Hbond substituents is 1. The van der Waals surface area contributed by atoms with Gasteiger partial charge in [0.25, 0.3) is 0 Å². The molecule has 0 aliphatic carbocycles. The van der Waals surface area contributed by atoms with Crippen molar-refractivity contribution in [3.63, 3.8) is 0 Å². The van der Waals surface area contributed by atoms with E-state index in [0.717, 1.165) is 5.56 Å². The van der Waals surface area contributed by atoms with E-state index in [-0.39, 0.29) is 18.1 Å². The molecule has 0 aliphatic heterocycles. The first-order valence-corrected chi connectivity index (χ1v) is 4.57. The zero-order valence-electron chi connectivity index (χ0n) is 8.41. The molecular formula is C11H14O3. The van der Waals surface area contributed by atoms with E-state index in [4.69, 9.17) is 4.74 Å². The van der Waals surface area contributed by atoms with Crippen LogP contribution < -0.4 is 0 Å². The van der Waals surface area contributed by atoms with Crippen LogP contribution in [-0.2, 0) is 16.0 Å². The lowest BCUT2D eigenvalue weighted by Crippen LogP contribution is -2.07. The Bertz CT molecular complexity index is 331.